The number of hydrogen-bond acceptors (Lipinski definition) is 4. The van der Waals surface area contributed by atoms with Crippen molar-refractivity contribution in [3.05, 3.63) is 36.0 Å². The molecular weight excluding hydrogens is 310 g/mol. The van der Waals surface area contributed by atoms with E-state index in [-0.39, 0.29) is 0 Å². The lowest BCUT2D eigenvalue weighted by molar-refractivity contribution is 0.158. The van der Waals surface area contributed by atoms with E-state index in [2.05, 4.69) is 9.88 Å². The highest BCUT2D eigenvalue weighted by atomic mass is 32.2. The fourth-order valence-corrected chi connectivity index (χ4v) is 5.54. The van der Waals surface area contributed by atoms with Crippen LogP contribution in [0.3, 0.4) is 0 Å². The maximum absolute atomic E-state index is 13.2. The molecule has 1 atom stereocenters. The summed E-state index contributed by atoms with van der Waals surface area (Å²) in [5.74, 6) is 0. The van der Waals surface area contributed by atoms with Gasteiger partial charge in [-0.15, -0.1) is 0 Å². The van der Waals surface area contributed by atoms with Crippen molar-refractivity contribution in [3.63, 3.8) is 0 Å². The molecule has 2 saturated heterocycles. The molecule has 5 nitrogen and oxygen atoms in total. The van der Waals surface area contributed by atoms with E-state index in [0.29, 0.717) is 29.5 Å². The highest BCUT2D eigenvalue weighted by molar-refractivity contribution is 7.89. The highest BCUT2D eigenvalue weighted by Crippen LogP contribution is 2.29. The first-order valence-electron chi connectivity index (χ1n) is 8.15. The molecule has 0 saturated carbocycles. The van der Waals surface area contributed by atoms with Gasteiger partial charge in [-0.2, -0.15) is 4.31 Å². The predicted octanol–water partition coefficient (Wildman–Crippen LogP) is 2.01. The molecule has 2 aromatic rings. The Labute approximate surface area is 137 Å². The molecule has 2 aliphatic rings. The van der Waals surface area contributed by atoms with Gasteiger partial charge in [0.25, 0.3) is 0 Å². The second-order valence-electron chi connectivity index (χ2n) is 6.53. The molecule has 4 rings (SSSR count). The van der Waals surface area contributed by atoms with Crippen molar-refractivity contribution >= 4 is 20.9 Å². The zero-order chi connectivity index (χ0) is 16.0. The fourth-order valence-electron chi connectivity index (χ4n) is 3.82. The van der Waals surface area contributed by atoms with Crippen molar-refractivity contribution in [1.82, 2.24) is 14.2 Å². The van der Waals surface area contributed by atoms with Gasteiger partial charge in [-0.25, -0.2) is 8.42 Å². The summed E-state index contributed by atoms with van der Waals surface area (Å²) in [5.41, 5.74) is 1.52. The maximum atomic E-state index is 13.2. The minimum Gasteiger partial charge on any atom is -0.298 e. The average Bonchev–Trinajstić information content (AvgIpc) is 3.01. The summed E-state index contributed by atoms with van der Waals surface area (Å²) < 4.78 is 28.1. The van der Waals surface area contributed by atoms with Crippen LogP contribution >= 0.6 is 0 Å². The number of fused-ring (bicyclic) bond motifs is 2. The standard InChI is InChI=1S/C17H21N3O2S/c1-13-10-14-4-2-6-18-17(14)16(11-13)23(21,22)20-9-8-19-7-3-5-15(19)12-20/h2,4,6,10-11,15H,3,5,7-9,12H2,1H3/t15-/m1/s1. The molecule has 122 valence electrons. The van der Waals surface area contributed by atoms with E-state index in [0.717, 1.165) is 30.5 Å². The van der Waals surface area contributed by atoms with E-state index < -0.39 is 10.0 Å². The third-order valence-corrected chi connectivity index (χ3v) is 6.86. The summed E-state index contributed by atoms with van der Waals surface area (Å²) in [5, 5.41) is 0.880. The molecule has 6 heteroatoms. The maximum Gasteiger partial charge on any atom is 0.245 e. The molecule has 0 amide bonds. The molecule has 1 aromatic carbocycles. The lowest BCUT2D eigenvalue weighted by Gasteiger charge is -2.36. The van der Waals surface area contributed by atoms with Crippen LogP contribution in [0.2, 0.25) is 0 Å². The zero-order valence-corrected chi connectivity index (χ0v) is 14.1. The van der Waals surface area contributed by atoms with Crippen LogP contribution in [0.4, 0.5) is 0 Å². The van der Waals surface area contributed by atoms with Crippen molar-refractivity contribution in [3.8, 4) is 0 Å². The average molecular weight is 331 g/mol. The van der Waals surface area contributed by atoms with Crippen LogP contribution in [-0.2, 0) is 10.0 Å². The van der Waals surface area contributed by atoms with Crippen molar-refractivity contribution in [2.45, 2.75) is 30.7 Å². The van der Waals surface area contributed by atoms with Crippen LogP contribution in [0, 0.1) is 6.92 Å². The number of piperazine rings is 1. The Morgan fingerprint density at radius 2 is 2.09 bits per heavy atom. The first-order chi connectivity index (χ1) is 11.1. The topological polar surface area (TPSA) is 53.5 Å². The van der Waals surface area contributed by atoms with Crippen LogP contribution in [0.25, 0.3) is 10.9 Å². The number of benzene rings is 1. The summed E-state index contributed by atoms with van der Waals surface area (Å²) in [4.78, 5) is 7.10. The normalized spacial score (nSPS) is 23.3. The molecule has 0 bridgehead atoms. The van der Waals surface area contributed by atoms with Crippen LogP contribution in [0.5, 0.6) is 0 Å². The van der Waals surface area contributed by atoms with E-state index in [9.17, 15) is 8.42 Å². The van der Waals surface area contributed by atoms with Gasteiger partial charge in [0.1, 0.15) is 4.90 Å². The number of aryl methyl sites for hydroxylation is 1. The molecule has 0 N–H and O–H groups in total. The van der Waals surface area contributed by atoms with Crippen molar-refractivity contribution in [2.75, 3.05) is 26.2 Å². The second kappa shape index (κ2) is 5.54. The number of rotatable bonds is 2. The molecule has 1 aromatic heterocycles. The first-order valence-corrected chi connectivity index (χ1v) is 9.59. The van der Waals surface area contributed by atoms with E-state index in [1.54, 1.807) is 16.6 Å². The summed E-state index contributed by atoms with van der Waals surface area (Å²) in [6.45, 7) is 5.04. The Bertz CT molecular complexity index is 850. The SMILES string of the molecule is Cc1cc(S(=O)(=O)N2CCN3CCC[C@@H]3C2)c2ncccc2c1. The Kier molecular flexibility index (Phi) is 3.63. The van der Waals surface area contributed by atoms with Gasteiger partial charge < -0.3 is 0 Å². The van der Waals surface area contributed by atoms with Crippen molar-refractivity contribution in [2.24, 2.45) is 0 Å². The summed E-state index contributed by atoms with van der Waals surface area (Å²) in [7, 11) is -3.51. The molecule has 23 heavy (non-hydrogen) atoms. The number of hydrogen-bond donors (Lipinski definition) is 0. The minimum absolute atomic E-state index is 0.347. The van der Waals surface area contributed by atoms with Crippen molar-refractivity contribution < 1.29 is 8.42 Å². The van der Waals surface area contributed by atoms with Gasteiger partial charge in [-0.3, -0.25) is 9.88 Å². The summed E-state index contributed by atoms with van der Waals surface area (Å²) >= 11 is 0. The summed E-state index contributed by atoms with van der Waals surface area (Å²) in [6.07, 6.45) is 3.93. The van der Waals surface area contributed by atoms with Gasteiger partial charge >= 0.3 is 0 Å². The van der Waals surface area contributed by atoms with Crippen molar-refractivity contribution in [1.29, 1.82) is 0 Å². The predicted molar refractivity (Wildman–Crippen MR) is 89.8 cm³/mol. The minimum atomic E-state index is -3.51. The zero-order valence-electron chi connectivity index (χ0n) is 13.3. The molecular formula is C17H21N3O2S. The quantitative estimate of drug-likeness (QED) is 0.845. The third kappa shape index (κ3) is 2.55. The number of nitrogens with zero attached hydrogens (tertiary/aromatic N) is 3. The molecule has 0 unspecified atom stereocenters. The Balaban J connectivity index is 1.77. The molecule has 2 fully saturated rings. The third-order valence-electron chi connectivity index (χ3n) is 4.98. The van der Waals surface area contributed by atoms with E-state index in [1.165, 1.54) is 6.42 Å². The van der Waals surface area contributed by atoms with Crippen LogP contribution < -0.4 is 0 Å². The largest absolute Gasteiger partial charge is 0.298 e. The number of sulfonamides is 1. The highest BCUT2D eigenvalue weighted by Gasteiger charge is 2.37. The molecule has 3 heterocycles. The Morgan fingerprint density at radius 3 is 2.96 bits per heavy atom. The van der Waals surface area contributed by atoms with Gasteiger partial charge in [-0.05, 0) is 50.1 Å². The fraction of sp³-hybridized carbons (Fsp3) is 0.471. The Morgan fingerprint density at radius 1 is 1.22 bits per heavy atom. The number of aromatic nitrogens is 1. The lowest BCUT2D eigenvalue weighted by Crippen LogP contribution is -2.51. The van der Waals surface area contributed by atoms with Gasteiger partial charge in [0.15, 0.2) is 0 Å². The van der Waals surface area contributed by atoms with Crippen LogP contribution in [0.15, 0.2) is 35.4 Å². The monoisotopic (exact) mass is 331 g/mol. The first kappa shape index (κ1) is 15.1. The molecule has 0 radical (unpaired) electrons. The van der Waals surface area contributed by atoms with E-state index in [1.807, 2.05) is 25.1 Å². The van der Waals surface area contributed by atoms with Gasteiger partial charge in [0.2, 0.25) is 10.0 Å². The van der Waals surface area contributed by atoms with Gasteiger partial charge in [0.05, 0.1) is 5.52 Å². The van der Waals surface area contributed by atoms with Gasteiger partial charge in [-0.1, -0.05) is 6.07 Å². The lowest BCUT2D eigenvalue weighted by atomic mass is 10.1. The second-order valence-corrected chi connectivity index (χ2v) is 8.44. The molecule has 0 spiro atoms. The van der Waals surface area contributed by atoms with E-state index in [4.69, 9.17) is 0 Å². The smallest absolute Gasteiger partial charge is 0.245 e. The Hall–Kier alpha value is -1.50. The molecule has 2 aliphatic heterocycles. The van der Waals surface area contributed by atoms with Gasteiger partial charge in [0, 0.05) is 37.3 Å². The van der Waals surface area contributed by atoms with Crippen LogP contribution in [-0.4, -0.2) is 54.8 Å². The number of pyridine rings is 1. The van der Waals surface area contributed by atoms with E-state index >= 15 is 0 Å². The van der Waals surface area contributed by atoms with Crippen LogP contribution in [0.1, 0.15) is 18.4 Å². The summed E-state index contributed by atoms with van der Waals surface area (Å²) in [6, 6.07) is 7.88. The molecule has 0 aliphatic carbocycles.